The standard InChI is InChI=1S/C23H18ClNO/c1-26-19-11-12-20(22(24)15-19)21(17-7-3-2-4-8-17)16-25-14-13-18-9-5-6-10-23(18)25/h2-16H,1H3/b21-16+. The number of fused-ring (bicyclic) bond motifs is 1. The van der Waals surface area contributed by atoms with Crippen molar-refractivity contribution in [2.45, 2.75) is 0 Å². The molecule has 0 fully saturated rings. The summed E-state index contributed by atoms with van der Waals surface area (Å²) in [5.74, 6) is 0.748. The van der Waals surface area contributed by atoms with Crippen molar-refractivity contribution in [3.63, 3.8) is 0 Å². The van der Waals surface area contributed by atoms with Gasteiger partial charge in [-0.2, -0.15) is 0 Å². The zero-order valence-corrected chi connectivity index (χ0v) is 15.1. The summed E-state index contributed by atoms with van der Waals surface area (Å²) >= 11 is 6.58. The first-order chi connectivity index (χ1) is 12.8. The highest BCUT2D eigenvalue weighted by Gasteiger charge is 2.11. The van der Waals surface area contributed by atoms with Crippen LogP contribution >= 0.6 is 11.6 Å². The van der Waals surface area contributed by atoms with Crippen molar-refractivity contribution in [1.29, 1.82) is 0 Å². The molecular weight excluding hydrogens is 342 g/mol. The maximum absolute atomic E-state index is 6.58. The van der Waals surface area contributed by atoms with Crippen LogP contribution in [-0.2, 0) is 0 Å². The average Bonchev–Trinajstić information content (AvgIpc) is 3.10. The van der Waals surface area contributed by atoms with Gasteiger partial charge in [0.05, 0.1) is 17.6 Å². The van der Waals surface area contributed by atoms with E-state index in [-0.39, 0.29) is 0 Å². The zero-order chi connectivity index (χ0) is 17.9. The second-order valence-electron chi connectivity index (χ2n) is 6.04. The van der Waals surface area contributed by atoms with Crippen LogP contribution in [0.3, 0.4) is 0 Å². The normalized spacial score (nSPS) is 11.7. The fourth-order valence-electron chi connectivity index (χ4n) is 3.11. The van der Waals surface area contributed by atoms with Gasteiger partial charge in [-0.15, -0.1) is 0 Å². The van der Waals surface area contributed by atoms with E-state index in [9.17, 15) is 0 Å². The van der Waals surface area contributed by atoms with Gasteiger partial charge in [0, 0.05) is 23.5 Å². The number of halogens is 1. The predicted molar refractivity (Wildman–Crippen MR) is 110 cm³/mol. The molecule has 0 spiro atoms. The van der Waals surface area contributed by atoms with Gasteiger partial charge in [0.15, 0.2) is 0 Å². The molecule has 0 radical (unpaired) electrons. The fraction of sp³-hybridized carbons (Fsp3) is 0.0435. The van der Waals surface area contributed by atoms with Gasteiger partial charge >= 0.3 is 0 Å². The Bertz CT molecular complexity index is 1080. The highest BCUT2D eigenvalue weighted by atomic mass is 35.5. The topological polar surface area (TPSA) is 14.2 Å². The van der Waals surface area contributed by atoms with Crippen LogP contribution < -0.4 is 4.74 Å². The van der Waals surface area contributed by atoms with Crippen molar-refractivity contribution in [2.75, 3.05) is 7.11 Å². The zero-order valence-electron chi connectivity index (χ0n) is 14.4. The molecule has 3 heteroatoms. The Morgan fingerprint density at radius 3 is 2.46 bits per heavy atom. The van der Waals surface area contributed by atoms with E-state index in [1.807, 2.05) is 36.4 Å². The molecule has 0 aliphatic carbocycles. The molecule has 4 aromatic rings. The van der Waals surface area contributed by atoms with E-state index in [1.165, 1.54) is 5.39 Å². The Balaban J connectivity index is 1.92. The first kappa shape index (κ1) is 16.5. The summed E-state index contributed by atoms with van der Waals surface area (Å²) in [5.41, 5.74) is 4.29. The minimum absolute atomic E-state index is 0.663. The maximum atomic E-state index is 6.58. The number of para-hydroxylation sites is 1. The van der Waals surface area contributed by atoms with Gasteiger partial charge in [-0.1, -0.05) is 60.1 Å². The van der Waals surface area contributed by atoms with Gasteiger partial charge in [0.1, 0.15) is 5.75 Å². The van der Waals surface area contributed by atoms with E-state index < -0.39 is 0 Å². The third kappa shape index (κ3) is 3.12. The van der Waals surface area contributed by atoms with Gasteiger partial charge < -0.3 is 9.30 Å². The summed E-state index contributed by atoms with van der Waals surface area (Å²) in [6.07, 6.45) is 4.20. The summed E-state index contributed by atoms with van der Waals surface area (Å²) < 4.78 is 7.43. The molecule has 26 heavy (non-hydrogen) atoms. The number of hydrogen-bond acceptors (Lipinski definition) is 1. The Labute approximate surface area is 157 Å². The largest absolute Gasteiger partial charge is 0.497 e. The van der Waals surface area contributed by atoms with E-state index in [4.69, 9.17) is 16.3 Å². The number of methoxy groups -OCH3 is 1. The highest BCUT2D eigenvalue weighted by Crippen LogP contribution is 2.33. The van der Waals surface area contributed by atoms with Crippen molar-refractivity contribution < 1.29 is 4.74 Å². The quantitative estimate of drug-likeness (QED) is 0.414. The monoisotopic (exact) mass is 359 g/mol. The molecule has 0 bridgehead atoms. The first-order valence-electron chi connectivity index (χ1n) is 8.43. The van der Waals surface area contributed by atoms with Crippen LogP contribution in [0.15, 0.2) is 85.1 Å². The lowest BCUT2D eigenvalue weighted by Crippen LogP contribution is -1.94. The van der Waals surface area contributed by atoms with Crippen LogP contribution in [0, 0.1) is 0 Å². The van der Waals surface area contributed by atoms with E-state index in [1.54, 1.807) is 7.11 Å². The first-order valence-corrected chi connectivity index (χ1v) is 8.81. The number of nitrogens with zero attached hydrogens (tertiary/aromatic N) is 1. The van der Waals surface area contributed by atoms with Crippen LogP contribution in [0.1, 0.15) is 11.1 Å². The third-order valence-electron chi connectivity index (χ3n) is 4.45. The lowest BCUT2D eigenvalue weighted by Gasteiger charge is -2.13. The van der Waals surface area contributed by atoms with Gasteiger partial charge in [0.2, 0.25) is 0 Å². The number of rotatable bonds is 4. The second kappa shape index (κ2) is 7.11. The summed E-state index contributed by atoms with van der Waals surface area (Å²) in [5, 5.41) is 1.87. The number of ether oxygens (including phenoxy) is 1. The maximum Gasteiger partial charge on any atom is 0.120 e. The molecule has 0 unspecified atom stereocenters. The summed E-state index contributed by atoms with van der Waals surface area (Å²) in [7, 11) is 1.64. The highest BCUT2D eigenvalue weighted by molar-refractivity contribution is 6.33. The molecule has 1 aromatic heterocycles. The van der Waals surface area contributed by atoms with Crippen molar-refractivity contribution >= 4 is 34.3 Å². The van der Waals surface area contributed by atoms with Crippen LogP contribution in [0.4, 0.5) is 0 Å². The molecule has 0 amide bonds. The Kier molecular flexibility index (Phi) is 4.51. The molecule has 0 N–H and O–H groups in total. The van der Waals surface area contributed by atoms with Gasteiger partial charge in [-0.05, 0) is 41.3 Å². The molecule has 128 valence electrons. The lowest BCUT2D eigenvalue weighted by molar-refractivity contribution is 0.415. The molecule has 1 heterocycles. The minimum Gasteiger partial charge on any atom is -0.497 e. The molecule has 0 aliphatic rings. The molecule has 0 saturated carbocycles. The van der Waals surface area contributed by atoms with E-state index in [0.29, 0.717) is 5.02 Å². The van der Waals surface area contributed by atoms with Gasteiger partial charge in [-0.3, -0.25) is 0 Å². The fourth-order valence-corrected chi connectivity index (χ4v) is 3.39. The Morgan fingerprint density at radius 1 is 0.923 bits per heavy atom. The van der Waals surface area contributed by atoms with Gasteiger partial charge in [-0.25, -0.2) is 0 Å². The molecule has 3 aromatic carbocycles. The molecule has 0 aliphatic heterocycles. The summed E-state index contributed by atoms with van der Waals surface area (Å²) in [6, 6.07) is 26.5. The SMILES string of the molecule is COc1ccc(/C(=C/n2ccc3ccccc32)c2ccccc2)c(Cl)c1. The van der Waals surface area contributed by atoms with Gasteiger partial charge in [0.25, 0.3) is 0 Å². The second-order valence-corrected chi connectivity index (χ2v) is 6.44. The van der Waals surface area contributed by atoms with E-state index in [0.717, 1.165) is 28.0 Å². The molecular formula is C23H18ClNO. The van der Waals surface area contributed by atoms with Crippen LogP contribution in [0.5, 0.6) is 5.75 Å². The van der Waals surface area contributed by atoms with E-state index in [2.05, 4.69) is 59.4 Å². The van der Waals surface area contributed by atoms with Crippen LogP contribution in [-0.4, -0.2) is 11.7 Å². The third-order valence-corrected chi connectivity index (χ3v) is 4.76. The average molecular weight is 360 g/mol. The van der Waals surface area contributed by atoms with Crippen molar-refractivity contribution in [2.24, 2.45) is 0 Å². The lowest BCUT2D eigenvalue weighted by atomic mass is 9.98. The summed E-state index contributed by atoms with van der Waals surface area (Å²) in [4.78, 5) is 0. The number of aromatic nitrogens is 1. The Hall–Kier alpha value is -2.97. The summed E-state index contributed by atoms with van der Waals surface area (Å²) in [6.45, 7) is 0. The molecule has 0 saturated heterocycles. The molecule has 0 atom stereocenters. The van der Waals surface area contributed by atoms with Crippen molar-refractivity contribution in [3.05, 3.63) is 101 Å². The Morgan fingerprint density at radius 2 is 1.69 bits per heavy atom. The van der Waals surface area contributed by atoms with Crippen molar-refractivity contribution in [3.8, 4) is 5.75 Å². The smallest absolute Gasteiger partial charge is 0.120 e. The number of hydrogen-bond donors (Lipinski definition) is 0. The minimum atomic E-state index is 0.663. The number of benzene rings is 3. The molecule has 4 rings (SSSR count). The van der Waals surface area contributed by atoms with Crippen LogP contribution in [0.2, 0.25) is 5.02 Å². The van der Waals surface area contributed by atoms with E-state index >= 15 is 0 Å². The van der Waals surface area contributed by atoms with Crippen LogP contribution in [0.25, 0.3) is 22.7 Å². The van der Waals surface area contributed by atoms with Crippen molar-refractivity contribution in [1.82, 2.24) is 4.57 Å². The predicted octanol–water partition coefficient (Wildman–Crippen LogP) is 6.35. The molecule has 2 nitrogen and oxygen atoms in total.